The van der Waals surface area contributed by atoms with Gasteiger partial charge in [0.1, 0.15) is 23.0 Å². The molecule has 5 heterocycles. The van der Waals surface area contributed by atoms with Crippen molar-refractivity contribution in [3.63, 3.8) is 0 Å². The molecule has 8 aliphatic carbocycles. The summed E-state index contributed by atoms with van der Waals surface area (Å²) in [6, 6.07) is 0. The number of ketones is 3. The maximum atomic E-state index is 13.7. The van der Waals surface area contributed by atoms with Crippen molar-refractivity contribution in [1.82, 2.24) is 10.3 Å². The molecule has 1 unspecified atom stereocenters. The highest BCUT2D eigenvalue weighted by atomic mass is 79.9. The van der Waals surface area contributed by atoms with E-state index in [1.54, 1.807) is 25.3 Å². The Morgan fingerprint density at radius 1 is 0.831 bits per heavy atom. The number of aromatic nitrogens is 1. The summed E-state index contributed by atoms with van der Waals surface area (Å²) in [5.74, 6) is -7.95. The van der Waals surface area contributed by atoms with Crippen molar-refractivity contribution >= 4 is 67.1 Å². The van der Waals surface area contributed by atoms with Gasteiger partial charge in [-0.15, -0.1) is 11.3 Å². The van der Waals surface area contributed by atoms with Crippen LogP contribution in [-0.2, 0) is 35.7 Å². The molecular weight excluding hydrogens is 945 g/mol. The van der Waals surface area contributed by atoms with Crippen molar-refractivity contribution in [1.29, 1.82) is 0 Å². The highest BCUT2D eigenvalue weighted by Crippen LogP contribution is 2.78. The summed E-state index contributed by atoms with van der Waals surface area (Å²) >= 11 is 9.47. The molecule has 8 bridgehead atoms. The second kappa shape index (κ2) is 15.6. The molecular formula is C46H65BrN4O12S2. The monoisotopic (exact) mass is 1010 g/mol. The molecule has 0 amide bonds. The molecule has 4 aliphatic heterocycles. The normalized spacial score (nSPS) is 48.1. The maximum absolute atomic E-state index is 13.7. The Kier molecular flexibility index (Phi) is 11.8. The second-order valence-electron chi connectivity index (χ2n) is 21.4. The fourth-order valence-electron chi connectivity index (χ4n) is 15.9. The number of carbonyl (C=O) groups is 3. The van der Waals surface area contributed by atoms with Crippen LogP contribution in [0.4, 0.5) is 5.13 Å². The van der Waals surface area contributed by atoms with Crippen LogP contribution in [0.15, 0.2) is 24.3 Å². The van der Waals surface area contributed by atoms with Gasteiger partial charge in [0.05, 0.1) is 41.4 Å². The molecule has 1 aromatic rings. The Balaban J connectivity index is 0.000000153. The Morgan fingerprint density at radius 3 is 1.71 bits per heavy atom. The first-order valence-corrected chi connectivity index (χ1v) is 24.7. The summed E-state index contributed by atoms with van der Waals surface area (Å²) in [5, 5.41) is 83.4. The molecule has 16 nitrogen and oxygen atoms in total. The third-order valence-electron chi connectivity index (χ3n) is 17.9. The van der Waals surface area contributed by atoms with Crippen LogP contribution in [0, 0.1) is 62.6 Å². The number of hydrogen-bond donors (Lipinski definition) is 10. The number of rotatable bonds is 1. The number of nitrogens with two attached hydrogens (primary N) is 1. The Labute approximate surface area is 397 Å². The first-order valence-electron chi connectivity index (χ1n) is 22.6. The van der Waals surface area contributed by atoms with Gasteiger partial charge in [0.2, 0.25) is 11.6 Å². The SMILES string of the molecule is C=C1C(=O)[C@]23[C@H](O)[C@H]1CC[C@H]2[C@@]12CO[C@@]3(O)[C@@H](O)[C@@H]1C(C)(C)CC(Br)C2=O.C=C1C(=O)[C@]23[C@H](O)[C@H]1CC[C@H]2[C@@]12CO[C@@]3(O)[C@@H](O)[C@@H]1C(C)(C)Cc1sc(NC)nc12.CCO.CNC(N)=S. The van der Waals surface area contributed by atoms with E-state index in [0.717, 1.165) is 22.1 Å². The number of Topliss-reactive ketones (excluding diaryl/α,β-unsaturated/α-hetero) is 3. The van der Waals surface area contributed by atoms with E-state index < -0.39 is 97.3 Å². The molecule has 360 valence electrons. The van der Waals surface area contributed by atoms with Crippen LogP contribution < -0.4 is 16.4 Å². The number of hydrogen-bond acceptors (Lipinski definition) is 16. The van der Waals surface area contributed by atoms with E-state index in [1.807, 2.05) is 20.9 Å². The average molecular weight is 1010 g/mol. The van der Waals surface area contributed by atoms with Crippen molar-refractivity contribution in [3.8, 4) is 0 Å². The van der Waals surface area contributed by atoms with Crippen molar-refractivity contribution in [2.45, 2.75) is 119 Å². The number of thiocarbonyl (C=S) groups is 1. The quantitative estimate of drug-likeness (QED) is 0.109. The topological polar surface area (TPSA) is 274 Å². The Morgan fingerprint density at radius 2 is 1.26 bits per heavy atom. The number of nitrogens with one attached hydrogen (secondary N) is 2. The number of fused-ring (bicyclic) bond motifs is 5. The van der Waals surface area contributed by atoms with Gasteiger partial charge in [-0.25, -0.2) is 4.98 Å². The number of aliphatic hydroxyl groups is 7. The van der Waals surface area contributed by atoms with Crippen LogP contribution in [0.25, 0.3) is 0 Å². The van der Waals surface area contributed by atoms with Crippen molar-refractivity contribution in [2.24, 2.45) is 68.3 Å². The zero-order valence-corrected chi connectivity index (χ0v) is 41.2. The van der Waals surface area contributed by atoms with E-state index in [-0.39, 0.29) is 54.2 Å². The molecule has 11 N–H and O–H groups in total. The highest BCUT2D eigenvalue weighted by molar-refractivity contribution is 9.10. The van der Waals surface area contributed by atoms with Gasteiger partial charge < -0.3 is 61.6 Å². The molecule has 11 fully saturated rings. The molecule has 1 aromatic heterocycles. The smallest absolute Gasteiger partial charge is 0.208 e. The number of halogens is 1. The van der Waals surface area contributed by atoms with Crippen molar-refractivity contribution in [3.05, 3.63) is 34.9 Å². The van der Waals surface area contributed by atoms with Crippen molar-refractivity contribution < 1.29 is 59.6 Å². The van der Waals surface area contributed by atoms with Gasteiger partial charge in [-0.3, -0.25) is 14.4 Å². The van der Waals surface area contributed by atoms with Gasteiger partial charge in [-0.2, -0.15) is 0 Å². The predicted molar refractivity (Wildman–Crippen MR) is 246 cm³/mol. The van der Waals surface area contributed by atoms with E-state index in [4.69, 9.17) is 25.3 Å². The third-order valence-corrected chi connectivity index (χ3v) is 20.0. The van der Waals surface area contributed by atoms with Crippen LogP contribution >= 0.6 is 39.5 Å². The zero-order chi connectivity index (χ0) is 48.2. The second-order valence-corrected chi connectivity index (χ2v) is 24.0. The summed E-state index contributed by atoms with van der Waals surface area (Å²) in [6.07, 6.45) is -1.48. The molecule has 12 aliphatic rings. The van der Waals surface area contributed by atoms with Crippen LogP contribution in [0.5, 0.6) is 0 Å². The van der Waals surface area contributed by atoms with E-state index in [2.05, 4.69) is 65.8 Å². The largest absolute Gasteiger partial charge is 0.397 e. The van der Waals surface area contributed by atoms with Gasteiger partial charge in [0.25, 0.3) is 0 Å². The van der Waals surface area contributed by atoms with Gasteiger partial charge in [0.15, 0.2) is 27.6 Å². The number of ether oxygens (including phenoxy) is 2. The van der Waals surface area contributed by atoms with Crippen molar-refractivity contribution in [2.75, 3.05) is 39.2 Å². The van der Waals surface area contributed by atoms with Gasteiger partial charge in [-0.1, -0.05) is 56.8 Å². The first kappa shape index (κ1) is 49.2. The van der Waals surface area contributed by atoms with Crippen LogP contribution in [-0.4, -0.2) is 138 Å². The standard InChI is InChI=1S/C22H28N2O5S.C20H25BrO6.C2H6N2S.C2H6O/c1-9-10-5-6-12-20-8-29-22(28,21(12,15(9)25)16(10)26)17(27)13(20)19(2,3)7-11-14(20)24-18(23-4)30-11;1-8-9-4-5-11-18-7-27-20(26,19(11,13(8)22)14(9)23)16(25)12(18)17(2,3)6-10(21)15(18)24;1-4-2(3)5;1-2-3/h10,12-13,16-17,26-28H,1,5-8H2,2-4H3,(H,23,24);9-12,14,16,23,25-26H,1,4-7H2,2-3H3;1H3,(H3,3,4,5);3H,2H2,1H3/t10-,12-,13+,16+,17-,20-,21-,22-;9-,10?,11-,12+,14+,16-,18-,19-,20-;;/m00../s1. The van der Waals surface area contributed by atoms with Crippen LogP contribution in [0.3, 0.4) is 0 Å². The van der Waals surface area contributed by atoms with E-state index in [1.165, 1.54) is 0 Å². The third kappa shape index (κ3) is 5.63. The minimum atomic E-state index is -2.21. The summed E-state index contributed by atoms with van der Waals surface area (Å²) in [4.78, 5) is 46.2. The lowest BCUT2D eigenvalue weighted by Gasteiger charge is -2.73. The molecule has 0 aromatic carbocycles. The molecule has 19 heteroatoms. The fraction of sp³-hybridized carbons (Fsp3) is 0.761. The molecule has 7 saturated carbocycles. The molecule has 0 radical (unpaired) electrons. The number of thiazole rings is 1. The maximum Gasteiger partial charge on any atom is 0.208 e. The van der Waals surface area contributed by atoms with Gasteiger partial charge in [0, 0.05) is 54.7 Å². The fourth-order valence-corrected chi connectivity index (χ4v) is 18.4. The number of aliphatic hydroxyl groups excluding tert-OH is 5. The number of alkyl halides is 1. The number of anilines is 1. The van der Waals surface area contributed by atoms with Gasteiger partial charge >= 0.3 is 0 Å². The molecule has 4 spiro atoms. The summed E-state index contributed by atoms with van der Waals surface area (Å²) in [7, 11) is 3.51. The van der Waals surface area contributed by atoms with Gasteiger partial charge in [-0.05, 0) is 91.5 Å². The number of nitrogens with zero attached hydrogens (tertiary/aromatic N) is 1. The van der Waals surface area contributed by atoms with E-state index in [9.17, 15) is 45.0 Å². The summed E-state index contributed by atoms with van der Waals surface area (Å²) in [5.41, 5.74) is 0.395. The zero-order valence-electron chi connectivity index (χ0n) is 38.0. The van der Waals surface area contributed by atoms with E-state index >= 15 is 0 Å². The Hall–Kier alpha value is -2.27. The summed E-state index contributed by atoms with van der Waals surface area (Å²) < 4.78 is 11.8. The van der Waals surface area contributed by atoms with E-state index in [0.29, 0.717) is 42.8 Å². The predicted octanol–water partition coefficient (Wildman–Crippen LogP) is 1.63. The highest BCUT2D eigenvalue weighted by Gasteiger charge is 2.89. The first-order chi connectivity index (χ1) is 30.2. The lowest BCUT2D eigenvalue weighted by atomic mass is 9.36. The minimum absolute atomic E-state index is 0.0425. The average Bonchev–Trinajstić information content (AvgIpc) is 3.72. The minimum Gasteiger partial charge on any atom is -0.397 e. The number of carbonyl (C=O) groups excluding carboxylic acids is 3. The van der Waals surface area contributed by atoms with Crippen LogP contribution in [0.2, 0.25) is 0 Å². The lowest BCUT2D eigenvalue weighted by Crippen LogP contribution is -2.85. The molecule has 13 rings (SSSR count). The molecule has 65 heavy (non-hydrogen) atoms. The molecule has 17 atom stereocenters. The lowest BCUT2D eigenvalue weighted by molar-refractivity contribution is -0.437. The Bertz CT molecular complexity index is 2240. The summed E-state index contributed by atoms with van der Waals surface area (Å²) in [6.45, 7) is 18.1. The molecule has 4 saturated heterocycles. The van der Waals surface area contributed by atoms with Crippen LogP contribution in [0.1, 0.15) is 77.3 Å².